The SMILES string of the molecule is Cc1cc2occ(CC(=O)NCc3ccccc3Cn3cncn3)c2cc1C. The van der Waals surface area contributed by atoms with Crippen LogP contribution < -0.4 is 5.32 Å². The van der Waals surface area contributed by atoms with Crippen LogP contribution in [0.1, 0.15) is 27.8 Å². The molecule has 4 rings (SSSR count). The van der Waals surface area contributed by atoms with Gasteiger partial charge in [-0.25, -0.2) is 9.67 Å². The van der Waals surface area contributed by atoms with Gasteiger partial charge in [-0.05, 0) is 48.2 Å². The van der Waals surface area contributed by atoms with E-state index in [1.807, 2.05) is 30.3 Å². The Hall–Kier alpha value is -3.41. The Bertz CT molecular complexity index is 1110. The highest BCUT2D eigenvalue weighted by Gasteiger charge is 2.12. The molecule has 0 spiro atoms. The Balaban J connectivity index is 1.44. The van der Waals surface area contributed by atoms with E-state index in [0.29, 0.717) is 19.5 Å². The first kappa shape index (κ1) is 18.0. The molecule has 1 amide bonds. The molecule has 2 aromatic heterocycles. The first-order chi connectivity index (χ1) is 13.6. The average Bonchev–Trinajstić information content (AvgIpc) is 3.32. The van der Waals surface area contributed by atoms with Crippen LogP contribution in [0.5, 0.6) is 0 Å². The van der Waals surface area contributed by atoms with Gasteiger partial charge in [-0.3, -0.25) is 4.79 Å². The second-order valence-electron chi connectivity index (χ2n) is 7.01. The second-order valence-corrected chi connectivity index (χ2v) is 7.01. The minimum Gasteiger partial charge on any atom is -0.464 e. The Morgan fingerprint density at radius 1 is 1.11 bits per heavy atom. The van der Waals surface area contributed by atoms with Crippen LogP contribution >= 0.6 is 0 Å². The summed E-state index contributed by atoms with van der Waals surface area (Å²) in [5, 5.41) is 8.17. The summed E-state index contributed by atoms with van der Waals surface area (Å²) in [7, 11) is 0. The summed E-state index contributed by atoms with van der Waals surface area (Å²) in [6.07, 6.45) is 5.18. The maximum atomic E-state index is 12.5. The van der Waals surface area contributed by atoms with E-state index in [1.165, 1.54) is 17.5 Å². The lowest BCUT2D eigenvalue weighted by Crippen LogP contribution is -2.25. The molecule has 0 radical (unpaired) electrons. The molecule has 0 saturated carbocycles. The van der Waals surface area contributed by atoms with Crippen LogP contribution in [-0.2, 0) is 24.3 Å². The number of nitrogens with zero attached hydrogens (tertiary/aromatic N) is 3. The molecule has 0 aliphatic carbocycles. The van der Waals surface area contributed by atoms with Crippen molar-refractivity contribution in [2.24, 2.45) is 0 Å². The van der Waals surface area contributed by atoms with Gasteiger partial charge < -0.3 is 9.73 Å². The lowest BCUT2D eigenvalue weighted by Gasteiger charge is -2.10. The summed E-state index contributed by atoms with van der Waals surface area (Å²) in [5.74, 6) is -0.0310. The normalized spacial score (nSPS) is 11.1. The summed E-state index contributed by atoms with van der Waals surface area (Å²) in [4.78, 5) is 16.5. The third-order valence-corrected chi connectivity index (χ3v) is 5.01. The fourth-order valence-electron chi connectivity index (χ4n) is 3.28. The van der Waals surface area contributed by atoms with Crippen molar-refractivity contribution in [3.05, 3.63) is 83.1 Å². The molecule has 0 fully saturated rings. The van der Waals surface area contributed by atoms with Crippen LogP contribution in [0.3, 0.4) is 0 Å². The van der Waals surface area contributed by atoms with E-state index in [0.717, 1.165) is 27.7 Å². The van der Waals surface area contributed by atoms with Crippen LogP contribution in [0.25, 0.3) is 11.0 Å². The van der Waals surface area contributed by atoms with Gasteiger partial charge in [0.05, 0.1) is 19.2 Å². The highest BCUT2D eigenvalue weighted by molar-refractivity contribution is 5.88. The molecular weight excluding hydrogens is 352 g/mol. The molecule has 28 heavy (non-hydrogen) atoms. The first-order valence-electron chi connectivity index (χ1n) is 9.23. The fourth-order valence-corrected chi connectivity index (χ4v) is 3.28. The highest BCUT2D eigenvalue weighted by atomic mass is 16.3. The van der Waals surface area contributed by atoms with E-state index in [1.54, 1.807) is 17.3 Å². The van der Waals surface area contributed by atoms with E-state index in [-0.39, 0.29) is 5.91 Å². The molecule has 0 aliphatic heterocycles. The minimum absolute atomic E-state index is 0.0310. The van der Waals surface area contributed by atoms with Crippen LogP contribution in [0.2, 0.25) is 0 Å². The number of benzene rings is 2. The molecule has 0 unspecified atom stereocenters. The highest BCUT2D eigenvalue weighted by Crippen LogP contribution is 2.25. The number of nitrogens with one attached hydrogen (secondary N) is 1. The minimum atomic E-state index is -0.0310. The summed E-state index contributed by atoms with van der Waals surface area (Å²) in [6, 6.07) is 12.1. The van der Waals surface area contributed by atoms with Crippen molar-refractivity contribution in [2.45, 2.75) is 33.4 Å². The molecule has 0 saturated heterocycles. The summed E-state index contributed by atoms with van der Waals surface area (Å²) in [6.45, 7) is 5.22. The monoisotopic (exact) mass is 374 g/mol. The van der Waals surface area contributed by atoms with Gasteiger partial charge in [0.2, 0.25) is 5.91 Å². The smallest absolute Gasteiger partial charge is 0.224 e. The van der Waals surface area contributed by atoms with Gasteiger partial charge in [0.15, 0.2) is 0 Å². The molecule has 6 nitrogen and oxygen atoms in total. The lowest BCUT2D eigenvalue weighted by molar-refractivity contribution is -0.120. The molecule has 0 atom stereocenters. The predicted molar refractivity (Wildman–Crippen MR) is 107 cm³/mol. The van der Waals surface area contributed by atoms with E-state index in [4.69, 9.17) is 4.42 Å². The molecular formula is C22H22N4O2. The number of rotatable bonds is 6. The number of furan rings is 1. The number of hydrogen-bond donors (Lipinski definition) is 1. The van der Waals surface area contributed by atoms with Crippen molar-refractivity contribution in [3.8, 4) is 0 Å². The molecule has 2 heterocycles. The number of amides is 1. The standard InChI is InChI=1S/C22H22N4O2/c1-15-7-20-19(12-28-21(20)8-16(15)2)9-22(27)24-10-17-5-3-4-6-18(17)11-26-14-23-13-25-26/h3-8,12-14H,9-11H2,1-2H3,(H,24,27). The van der Waals surface area contributed by atoms with Crippen molar-refractivity contribution in [3.63, 3.8) is 0 Å². The Morgan fingerprint density at radius 2 is 1.89 bits per heavy atom. The molecule has 0 aliphatic rings. The van der Waals surface area contributed by atoms with Crippen LogP contribution in [-0.4, -0.2) is 20.7 Å². The van der Waals surface area contributed by atoms with Crippen LogP contribution in [0.4, 0.5) is 0 Å². The van der Waals surface area contributed by atoms with Crippen molar-refractivity contribution >= 4 is 16.9 Å². The zero-order valence-electron chi connectivity index (χ0n) is 16.0. The quantitative estimate of drug-likeness (QED) is 0.560. The Labute approximate surface area is 163 Å². The fraction of sp³-hybridized carbons (Fsp3) is 0.227. The lowest BCUT2D eigenvalue weighted by atomic mass is 10.0. The zero-order valence-corrected chi connectivity index (χ0v) is 16.0. The van der Waals surface area contributed by atoms with Crippen LogP contribution in [0.15, 0.2) is 59.7 Å². The van der Waals surface area contributed by atoms with E-state index in [2.05, 4.69) is 35.3 Å². The number of aromatic nitrogens is 3. The third kappa shape index (κ3) is 3.81. The van der Waals surface area contributed by atoms with Gasteiger partial charge in [-0.15, -0.1) is 0 Å². The molecule has 0 bridgehead atoms. The van der Waals surface area contributed by atoms with Crippen molar-refractivity contribution in [2.75, 3.05) is 0 Å². The topological polar surface area (TPSA) is 73.0 Å². The summed E-state index contributed by atoms with van der Waals surface area (Å²) < 4.78 is 7.40. The number of carbonyl (C=O) groups excluding carboxylic acids is 1. The number of hydrogen-bond acceptors (Lipinski definition) is 4. The van der Waals surface area contributed by atoms with Gasteiger partial charge in [0.25, 0.3) is 0 Å². The van der Waals surface area contributed by atoms with E-state index >= 15 is 0 Å². The molecule has 4 aromatic rings. The van der Waals surface area contributed by atoms with E-state index in [9.17, 15) is 4.79 Å². The number of carbonyl (C=O) groups is 1. The maximum absolute atomic E-state index is 12.5. The summed E-state index contributed by atoms with van der Waals surface area (Å²) >= 11 is 0. The Kier molecular flexibility index (Phi) is 4.93. The van der Waals surface area contributed by atoms with Crippen LogP contribution in [0, 0.1) is 13.8 Å². The van der Waals surface area contributed by atoms with Gasteiger partial charge in [0.1, 0.15) is 18.2 Å². The first-order valence-corrected chi connectivity index (χ1v) is 9.23. The van der Waals surface area contributed by atoms with E-state index < -0.39 is 0 Å². The molecule has 6 heteroatoms. The second kappa shape index (κ2) is 7.68. The van der Waals surface area contributed by atoms with Gasteiger partial charge in [0, 0.05) is 17.5 Å². The maximum Gasteiger partial charge on any atom is 0.224 e. The molecule has 2 aromatic carbocycles. The van der Waals surface area contributed by atoms with Gasteiger partial charge in [-0.2, -0.15) is 5.10 Å². The Morgan fingerprint density at radius 3 is 2.68 bits per heavy atom. The van der Waals surface area contributed by atoms with Crippen molar-refractivity contribution in [1.82, 2.24) is 20.1 Å². The van der Waals surface area contributed by atoms with Crippen molar-refractivity contribution < 1.29 is 9.21 Å². The molecule has 1 N–H and O–H groups in total. The van der Waals surface area contributed by atoms with Gasteiger partial charge >= 0.3 is 0 Å². The molecule has 142 valence electrons. The summed E-state index contributed by atoms with van der Waals surface area (Å²) in [5.41, 5.74) is 6.28. The number of aryl methyl sites for hydroxylation is 2. The van der Waals surface area contributed by atoms with Crippen molar-refractivity contribution in [1.29, 1.82) is 0 Å². The predicted octanol–water partition coefficient (Wildman–Crippen LogP) is 3.55. The average molecular weight is 374 g/mol. The van der Waals surface area contributed by atoms with Gasteiger partial charge in [-0.1, -0.05) is 24.3 Å². The largest absolute Gasteiger partial charge is 0.464 e. The zero-order chi connectivity index (χ0) is 19.5. The number of fused-ring (bicyclic) bond motifs is 1. The third-order valence-electron chi connectivity index (χ3n) is 5.01.